The lowest BCUT2D eigenvalue weighted by Crippen LogP contribution is -2.39. The largest absolute Gasteiger partial charge is 0.272 e. The Morgan fingerprint density at radius 3 is 2.15 bits per heavy atom. The summed E-state index contributed by atoms with van der Waals surface area (Å²) in [5.74, 6) is -0.593. The van der Waals surface area contributed by atoms with Gasteiger partial charge in [-0.15, -0.1) is 0 Å². The number of hydrazone groups is 1. The van der Waals surface area contributed by atoms with Gasteiger partial charge in [-0.3, -0.25) is 4.79 Å². The van der Waals surface area contributed by atoms with Crippen LogP contribution in [0.1, 0.15) is 11.1 Å². The summed E-state index contributed by atoms with van der Waals surface area (Å²) in [5, 5.41) is 4.56. The molecule has 11 heteroatoms. The Morgan fingerprint density at radius 2 is 1.55 bits per heavy atom. The van der Waals surface area contributed by atoms with Crippen LogP contribution in [0.3, 0.4) is 0 Å². The van der Waals surface area contributed by atoms with E-state index in [4.69, 9.17) is 23.2 Å². The smallest absolute Gasteiger partial charge is 0.255 e. The van der Waals surface area contributed by atoms with E-state index in [2.05, 4.69) is 42.4 Å². The van der Waals surface area contributed by atoms with E-state index in [0.29, 0.717) is 15.6 Å². The molecule has 0 spiro atoms. The highest BCUT2D eigenvalue weighted by Gasteiger charge is 2.27. The molecule has 0 atom stereocenters. The molecule has 0 saturated heterocycles. The summed E-state index contributed by atoms with van der Waals surface area (Å²) in [6, 6.07) is 18.3. The van der Waals surface area contributed by atoms with Gasteiger partial charge in [0, 0.05) is 15.5 Å². The summed E-state index contributed by atoms with van der Waals surface area (Å²) in [6.45, 7) is -0.532. The van der Waals surface area contributed by atoms with Crippen molar-refractivity contribution in [2.24, 2.45) is 5.10 Å². The van der Waals surface area contributed by atoms with E-state index in [1.165, 1.54) is 18.3 Å². The number of benzene rings is 3. The molecular weight excluding hydrogens is 617 g/mol. The number of nitrogens with zero attached hydrogens (tertiary/aromatic N) is 2. The zero-order valence-electron chi connectivity index (χ0n) is 16.9. The van der Waals surface area contributed by atoms with Crippen molar-refractivity contribution in [3.8, 4) is 0 Å². The van der Waals surface area contributed by atoms with Crippen LogP contribution >= 0.6 is 55.1 Å². The molecule has 0 aliphatic heterocycles. The molecule has 0 saturated carbocycles. The van der Waals surface area contributed by atoms with E-state index in [0.717, 1.165) is 18.8 Å². The first-order chi connectivity index (χ1) is 15.6. The predicted molar refractivity (Wildman–Crippen MR) is 138 cm³/mol. The minimum absolute atomic E-state index is 0.0527. The quantitative estimate of drug-likeness (QED) is 0.249. The van der Waals surface area contributed by atoms with Gasteiger partial charge in [0.25, 0.3) is 5.91 Å². The summed E-state index contributed by atoms with van der Waals surface area (Å²) in [5.41, 5.74) is 3.72. The first-order valence-corrected chi connectivity index (χ1v) is 13.2. The van der Waals surface area contributed by atoms with Crippen LogP contribution in [0.4, 0.5) is 0 Å². The van der Waals surface area contributed by atoms with Crippen LogP contribution in [-0.2, 0) is 21.4 Å². The maximum absolute atomic E-state index is 13.3. The molecule has 3 rings (SSSR count). The van der Waals surface area contributed by atoms with Crippen LogP contribution in [0, 0.1) is 0 Å². The summed E-state index contributed by atoms with van der Waals surface area (Å²) in [4.78, 5) is 12.6. The molecule has 6 nitrogen and oxygen atoms in total. The molecule has 0 bridgehead atoms. The fourth-order valence-corrected chi connectivity index (χ4v) is 4.98. The summed E-state index contributed by atoms with van der Waals surface area (Å²) in [7, 11) is -4.00. The van der Waals surface area contributed by atoms with E-state index in [1.54, 1.807) is 30.3 Å². The zero-order valence-corrected chi connectivity index (χ0v) is 22.4. The van der Waals surface area contributed by atoms with E-state index < -0.39 is 22.5 Å². The van der Waals surface area contributed by atoms with Gasteiger partial charge < -0.3 is 0 Å². The lowest BCUT2D eigenvalue weighted by atomic mass is 10.2. The van der Waals surface area contributed by atoms with Gasteiger partial charge >= 0.3 is 0 Å². The third kappa shape index (κ3) is 7.37. The van der Waals surface area contributed by atoms with E-state index >= 15 is 0 Å². The topological polar surface area (TPSA) is 78.8 Å². The Hall–Kier alpha value is -1.75. The Morgan fingerprint density at radius 1 is 0.939 bits per heavy atom. The van der Waals surface area contributed by atoms with Gasteiger partial charge in [-0.05, 0) is 59.7 Å². The molecular formula is C22H17Br2Cl2N3O3S. The number of rotatable bonds is 8. The highest BCUT2D eigenvalue weighted by molar-refractivity contribution is 9.10. The number of sulfonamides is 1. The molecule has 0 aromatic heterocycles. The molecule has 1 N–H and O–H groups in total. The molecule has 33 heavy (non-hydrogen) atoms. The van der Waals surface area contributed by atoms with Crippen LogP contribution in [0.15, 0.2) is 85.7 Å². The molecule has 3 aromatic rings. The van der Waals surface area contributed by atoms with E-state index in [1.807, 2.05) is 24.3 Å². The predicted octanol–water partition coefficient (Wildman–Crippen LogP) is 5.86. The summed E-state index contributed by atoms with van der Waals surface area (Å²) < 4.78 is 29.3. The molecule has 3 aromatic carbocycles. The highest BCUT2D eigenvalue weighted by Crippen LogP contribution is 2.25. The van der Waals surface area contributed by atoms with Crippen molar-refractivity contribution in [1.82, 2.24) is 9.73 Å². The Bertz CT molecular complexity index is 1270. The van der Waals surface area contributed by atoms with E-state index in [9.17, 15) is 13.2 Å². The van der Waals surface area contributed by atoms with Crippen LogP contribution < -0.4 is 5.43 Å². The SMILES string of the molecule is O=C(CN(Cc1ccc(Cl)c(Cl)c1)S(=O)(=O)c1ccc(Br)cc1)N/N=C/c1ccc(Br)cc1. The van der Waals surface area contributed by atoms with Gasteiger partial charge in [-0.25, -0.2) is 13.8 Å². The second-order valence-corrected chi connectivity index (χ2v) is 11.4. The third-order valence-electron chi connectivity index (χ3n) is 4.39. The van der Waals surface area contributed by atoms with Crippen molar-refractivity contribution in [2.75, 3.05) is 6.54 Å². The Balaban J connectivity index is 1.81. The Kier molecular flexibility index (Phi) is 9.09. The second-order valence-electron chi connectivity index (χ2n) is 6.82. The molecule has 0 heterocycles. The maximum Gasteiger partial charge on any atom is 0.255 e. The molecule has 0 fully saturated rings. The van der Waals surface area contributed by atoms with Gasteiger partial charge in [-0.2, -0.15) is 9.41 Å². The first-order valence-electron chi connectivity index (χ1n) is 9.42. The van der Waals surface area contributed by atoms with Crippen molar-refractivity contribution < 1.29 is 13.2 Å². The van der Waals surface area contributed by atoms with Gasteiger partial charge in [0.2, 0.25) is 10.0 Å². The number of carbonyl (C=O) groups excluding carboxylic acids is 1. The van der Waals surface area contributed by atoms with Gasteiger partial charge in [0.1, 0.15) is 0 Å². The number of hydrogen-bond donors (Lipinski definition) is 1. The normalized spacial score (nSPS) is 11.8. The van der Waals surface area contributed by atoms with Crippen LogP contribution in [0.2, 0.25) is 10.0 Å². The third-order valence-corrected chi connectivity index (χ3v) is 7.99. The van der Waals surface area contributed by atoms with Crippen LogP contribution in [0.25, 0.3) is 0 Å². The van der Waals surface area contributed by atoms with Crippen molar-refractivity contribution in [3.63, 3.8) is 0 Å². The zero-order chi connectivity index (χ0) is 24.0. The van der Waals surface area contributed by atoms with Gasteiger partial charge in [-0.1, -0.05) is 73.3 Å². The fraction of sp³-hybridized carbons (Fsp3) is 0.0909. The highest BCUT2D eigenvalue weighted by atomic mass is 79.9. The number of halogens is 4. The minimum Gasteiger partial charge on any atom is -0.272 e. The van der Waals surface area contributed by atoms with Crippen molar-refractivity contribution in [3.05, 3.63) is 96.8 Å². The van der Waals surface area contributed by atoms with Crippen molar-refractivity contribution in [1.29, 1.82) is 0 Å². The van der Waals surface area contributed by atoms with E-state index in [-0.39, 0.29) is 11.4 Å². The number of carbonyl (C=O) groups is 1. The monoisotopic (exact) mass is 631 g/mol. The van der Waals surface area contributed by atoms with Crippen LogP contribution in [0.5, 0.6) is 0 Å². The van der Waals surface area contributed by atoms with Crippen molar-refractivity contribution >= 4 is 77.2 Å². The molecule has 1 amide bonds. The standard InChI is InChI=1S/C22H17Br2Cl2N3O3S/c23-17-4-1-15(2-5-17)12-27-28-22(30)14-29(13-16-3-10-20(25)21(26)11-16)33(31,32)19-8-6-18(24)7-9-19/h1-12H,13-14H2,(H,28,30)/b27-12+. The Labute approximate surface area is 218 Å². The average Bonchev–Trinajstić information content (AvgIpc) is 2.77. The molecule has 0 aliphatic rings. The molecule has 0 aliphatic carbocycles. The second kappa shape index (κ2) is 11.6. The van der Waals surface area contributed by atoms with Gasteiger partial charge in [0.15, 0.2) is 0 Å². The van der Waals surface area contributed by atoms with Crippen molar-refractivity contribution in [2.45, 2.75) is 11.4 Å². The number of hydrogen-bond acceptors (Lipinski definition) is 4. The summed E-state index contributed by atoms with van der Waals surface area (Å²) >= 11 is 18.7. The first kappa shape index (κ1) is 25.9. The maximum atomic E-state index is 13.3. The fourth-order valence-electron chi connectivity index (χ4n) is 2.75. The minimum atomic E-state index is -4.00. The number of nitrogens with one attached hydrogen (secondary N) is 1. The molecule has 172 valence electrons. The number of amides is 1. The molecule has 0 radical (unpaired) electrons. The summed E-state index contributed by atoms with van der Waals surface area (Å²) in [6.07, 6.45) is 1.47. The van der Waals surface area contributed by atoms with Crippen LogP contribution in [-0.4, -0.2) is 31.4 Å². The lowest BCUT2D eigenvalue weighted by Gasteiger charge is -2.22. The van der Waals surface area contributed by atoms with Gasteiger partial charge in [0.05, 0.1) is 27.7 Å². The lowest BCUT2D eigenvalue weighted by molar-refractivity contribution is -0.121. The average molecular weight is 634 g/mol. The molecule has 0 unspecified atom stereocenters.